The number of carbonyl (C=O) groups is 1. The molecule has 0 aromatic carbocycles. The van der Waals surface area contributed by atoms with Crippen molar-refractivity contribution < 1.29 is 36.6 Å². The third kappa shape index (κ3) is 8.51. The summed E-state index contributed by atoms with van der Waals surface area (Å²) in [6.45, 7) is 4.15. The average molecular weight is 509 g/mol. The number of methoxy groups -OCH3 is 1. The minimum Gasteiger partial charge on any atom is -0.495 e. The second-order valence-corrected chi connectivity index (χ2v) is 10.9. The van der Waals surface area contributed by atoms with Gasteiger partial charge in [0.25, 0.3) is 6.43 Å². The number of nitrogens with one attached hydrogen (secondary N) is 3. The first-order valence-corrected chi connectivity index (χ1v) is 12.6. The van der Waals surface area contributed by atoms with Gasteiger partial charge in [-0.1, -0.05) is 19.3 Å². The lowest BCUT2D eigenvalue weighted by atomic mass is 9.83. The summed E-state index contributed by atoms with van der Waals surface area (Å²) in [5.74, 6) is -0.0893. The second kappa shape index (κ2) is 11.9. The molecule has 1 aromatic heterocycles. The van der Waals surface area contributed by atoms with Gasteiger partial charge in [-0.25, -0.2) is 31.7 Å². The first kappa shape index (κ1) is 28.0. The maximum Gasteiger partial charge on any atom is 0.408 e. The summed E-state index contributed by atoms with van der Waals surface area (Å²) >= 11 is 0. The zero-order valence-corrected chi connectivity index (χ0v) is 20.6. The monoisotopic (exact) mass is 508 g/mol. The fourth-order valence-electron chi connectivity index (χ4n) is 3.75. The number of amides is 1. The van der Waals surface area contributed by atoms with Gasteiger partial charge < -0.3 is 25.2 Å². The van der Waals surface area contributed by atoms with Gasteiger partial charge in [-0.2, -0.15) is 0 Å². The zero-order chi connectivity index (χ0) is 25.5. The Bertz CT molecular complexity index is 920. The van der Waals surface area contributed by atoms with Crippen molar-refractivity contribution in [3.05, 3.63) is 12.3 Å². The number of aromatic nitrogens is 1. The molecule has 0 unspecified atom stereocenters. The molecule has 1 aromatic rings. The van der Waals surface area contributed by atoms with Crippen LogP contribution in [0.15, 0.2) is 17.2 Å². The highest BCUT2D eigenvalue weighted by atomic mass is 32.2. The molecule has 1 aliphatic rings. The Morgan fingerprint density at radius 2 is 1.91 bits per heavy atom. The van der Waals surface area contributed by atoms with Crippen LogP contribution < -0.4 is 20.1 Å². The molecule has 1 aliphatic carbocycles. The molecule has 1 saturated carbocycles. The highest BCUT2D eigenvalue weighted by Gasteiger charge is 2.33. The van der Waals surface area contributed by atoms with Crippen LogP contribution in [0.25, 0.3) is 0 Å². The van der Waals surface area contributed by atoms with Crippen molar-refractivity contribution in [2.24, 2.45) is 5.92 Å². The van der Waals surface area contributed by atoms with Crippen LogP contribution in [0.5, 0.6) is 5.75 Å². The Labute approximate surface area is 198 Å². The number of aliphatic hydroxyl groups excluding tert-OH is 1. The third-order valence-corrected chi connectivity index (χ3v) is 6.68. The van der Waals surface area contributed by atoms with Crippen molar-refractivity contribution in [3.8, 4) is 5.75 Å². The number of hydrogen-bond donors (Lipinski definition) is 4. The van der Waals surface area contributed by atoms with Gasteiger partial charge in [-0.05, 0) is 39.5 Å². The van der Waals surface area contributed by atoms with E-state index < -0.39 is 51.9 Å². The quantitative estimate of drug-likeness (QED) is 0.354. The number of alkyl halides is 2. The molecule has 0 spiro atoms. The molecule has 0 saturated heterocycles. The Hall–Kier alpha value is -2.25. The van der Waals surface area contributed by atoms with Crippen LogP contribution in [-0.4, -0.2) is 62.6 Å². The van der Waals surface area contributed by atoms with Crippen LogP contribution in [0, 0.1) is 5.92 Å². The highest BCUT2D eigenvalue weighted by molar-refractivity contribution is 7.89. The van der Waals surface area contributed by atoms with Crippen molar-refractivity contribution in [1.29, 1.82) is 0 Å². The molecule has 1 amide bonds. The van der Waals surface area contributed by atoms with Crippen molar-refractivity contribution in [2.45, 2.75) is 82.1 Å². The second-order valence-electron chi connectivity index (χ2n) is 9.12. The molecule has 1 fully saturated rings. The predicted octanol–water partition coefficient (Wildman–Crippen LogP) is 2.84. The number of alkyl carbamates (subject to hydrolysis) is 1. The minimum atomic E-state index is -4.29. The molecule has 1 heterocycles. The Morgan fingerprint density at radius 3 is 2.47 bits per heavy atom. The third-order valence-electron chi connectivity index (χ3n) is 5.25. The van der Waals surface area contributed by atoms with Gasteiger partial charge in [0.2, 0.25) is 10.0 Å². The molecular formula is C21H34F2N4O6S. The molecule has 0 radical (unpaired) electrons. The van der Waals surface area contributed by atoms with Gasteiger partial charge in [0, 0.05) is 6.07 Å². The molecule has 0 bridgehead atoms. The molecule has 0 aliphatic heterocycles. The SMILES string of the molecule is COc1cc(N[C@@H](O)[C@@H](NC(=O)OC(C)(C)C)C2CCCCC2)ncc1S(=O)(=O)NCC(F)F. The van der Waals surface area contributed by atoms with E-state index in [2.05, 4.69) is 15.6 Å². The van der Waals surface area contributed by atoms with E-state index in [9.17, 15) is 27.1 Å². The van der Waals surface area contributed by atoms with Gasteiger partial charge in [0.1, 0.15) is 28.3 Å². The highest BCUT2D eigenvalue weighted by Crippen LogP contribution is 2.30. The first-order valence-electron chi connectivity index (χ1n) is 11.1. The summed E-state index contributed by atoms with van der Waals surface area (Å²) in [6.07, 6.45) is 0.771. The fraction of sp³-hybridized carbons (Fsp3) is 0.714. The average Bonchev–Trinajstić information content (AvgIpc) is 2.75. The number of pyridine rings is 1. The topological polar surface area (TPSA) is 139 Å². The molecule has 34 heavy (non-hydrogen) atoms. The maximum atomic E-state index is 12.4. The van der Waals surface area contributed by atoms with Crippen molar-refractivity contribution >= 4 is 21.9 Å². The van der Waals surface area contributed by atoms with E-state index in [4.69, 9.17) is 9.47 Å². The van der Waals surface area contributed by atoms with E-state index in [-0.39, 0.29) is 17.5 Å². The largest absolute Gasteiger partial charge is 0.495 e. The Balaban J connectivity index is 2.21. The number of hydrogen-bond acceptors (Lipinski definition) is 8. The van der Waals surface area contributed by atoms with E-state index in [0.29, 0.717) is 0 Å². The van der Waals surface area contributed by atoms with E-state index in [1.54, 1.807) is 25.5 Å². The number of halogens is 2. The summed E-state index contributed by atoms with van der Waals surface area (Å²) < 4.78 is 61.7. The van der Waals surface area contributed by atoms with Gasteiger partial charge in [-0.15, -0.1) is 0 Å². The molecule has 194 valence electrons. The van der Waals surface area contributed by atoms with E-state index in [1.807, 2.05) is 0 Å². The van der Waals surface area contributed by atoms with Crippen LogP contribution in [0.2, 0.25) is 0 Å². The molecule has 2 atom stereocenters. The minimum absolute atomic E-state index is 0.0103. The number of sulfonamides is 1. The van der Waals surface area contributed by atoms with Crippen LogP contribution in [-0.2, 0) is 14.8 Å². The summed E-state index contributed by atoms with van der Waals surface area (Å²) in [7, 11) is -3.07. The zero-order valence-electron chi connectivity index (χ0n) is 19.8. The van der Waals surface area contributed by atoms with Gasteiger partial charge in [-0.3, -0.25) is 0 Å². The summed E-state index contributed by atoms with van der Waals surface area (Å²) in [5.41, 5.74) is -0.714. The molecule has 10 nitrogen and oxygen atoms in total. The van der Waals surface area contributed by atoms with Crippen LogP contribution in [0.4, 0.5) is 19.4 Å². The summed E-state index contributed by atoms with van der Waals surface area (Å²) in [4.78, 5) is 16.0. The molecule has 13 heteroatoms. The lowest BCUT2D eigenvalue weighted by Crippen LogP contribution is -2.52. The van der Waals surface area contributed by atoms with E-state index in [1.165, 1.54) is 13.2 Å². The standard InChI is InChI=1S/C21H34F2N4O6S/c1-21(2,3)33-20(29)27-18(13-8-6-5-7-9-13)19(28)26-17-10-14(32-4)15(11-24-17)34(30,31)25-12-16(22)23/h10-11,13,16,18-19,25,28H,5-9,12H2,1-4H3,(H,24,26)(H,27,29)/t18-,19-/m0/s1. The molecule has 4 N–H and O–H groups in total. The number of anilines is 1. The fourth-order valence-corrected chi connectivity index (χ4v) is 4.85. The summed E-state index contributed by atoms with van der Waals surface area (Å²) in [5, 5.41) is 16.4. The summed E-state index contributed by atoms with van der Waals surface area (Å²) in [6, 6.07) is 0.532. The van der Waals surface area contributed by atoms with Crippen molar-refractivity contribution in [2.75, 3.05) is 19.0 Å². The van der Waals surface area contributed by atoms with Crippen LogP contribution in [0.3, 0.4) is 0 Å². The van der Waals surface area contributed by atoms with Crippen molar-refractivity contribution in [1.82, 2.24) is 15.0 Å². The van der Waals surface area contributed by atoms with Gasteiger partial charge >= 0.3 is 6.09 Å². The number of carbonyl (C=O) groups excluding carboxylic acids is 1. The van der Waals surface area contributed by atoms with Gasteiger partial charge in [0.15, 0.2) is 0 Å². The number of aliphatic hydroxyl groups is 1. The van der Waals surface area contributed by atoms with E-state index in [0.717, 1.165) is 38.3 Å². The Morgan fingerprint density at radius 1 is 1.26 bits per heavy atom. The van der Waals surface area contributed by atoms with E-state index >= 15 is 0 Å². The first-order chi connectivity index (χ1) is 15.8. The predicted molar refractivity (Wildman–Crippen MR) is 121 cm³/mol. The van der Waals surface area contributed by atoms with Crippen LogP contribution in [0.1, 0.15) is 52.9 Å². The maximum absolute atomic E-state index is 12.4. The normalized spacial score (nSPS) is 17.2. The molecular weight excluding hydrogens is 474 g/mol. The number of ether oxygens (including phenoxy) is 2. The molecule has 2 rings (SSSR count). The van der Waals surface area contributed by atoms with Crippen molar-refractivity contribution in [3.63, 3.8) is 0 Å². The lowest BCUT2D eigenvalue weighted by molar-refractivity contribution is 0.0366. The number of rotatable bonds is 10. The Kier molecular flexibility index (Phi) is 9.83. The van der Waals surface area contributed by atoms with Gasteiger partial charge in [0.05, 0.1) is 25.9 Å². The number of nitrogens with zero attached hydrogens (tertiary/aromatic N) is 1. The smallest absolute Gasteiger partial charge is 0.408 e. The lowest BCUT2D eigenvalue weighted by Gasteiger charge is -2.35. The van der Waals surface area contributed by atoms with Crippen LogP contribution >= 0.6 is 0 Å².